The molecule has 5 rings (SSSR count). The first-order chi connectivity index (χ1) is 15.9. The summed E-state index contributed by atoms with van der Waals surface area (Å²) in [6.45, 7) is 2.32. The second-order valence-corrected chi connectivity index (χ2v) is 9.82. The maximum Gasteiger partial charge on any atom is 0.335 e. The maximum atomic E-state index is 12.6. The summed E-state index contributed by atoms with van der Waals surface area (Å²) < 4.78 is 11.0. The van der Waals surface area contributed by atoms with Crippen molar-refractivity contribution in [2.24, 2.45) is 5.41 Å². The number of methoxy groups -OCH3 is 1. The Labute approximate surface area is 198 Å². The van der Waals surface area contributed by atoms with Crippen LogP contribution in [0.15, 0.2) is 36.4 Å². The highest BCUT2D eigenvalue weighted by atomic mass is 35.5. The Hall–Kier alpha value is -2.57. The molecule has 1 amide bonds. The van der Waals surface area contributed by atoms with Crippen molar-refractivity contribution in [2.75, 3.05) is 26.8 Å². The summed E-state index contributed by atoms with van der Waals surface area (Å²) in [5, 5.41) is 9.67. The molecule has 1 spiro atoms. The predicted octanol–water partition coefficient (Wildman–Crippen LogP) is 4.99. The van der Waals surface area contributed by atoms with Gasteiger partial charge < -0.3 is 19.5 Å². The number of likely N-dealkylation sites (tertiary alicyclic amines) is 1. The summed E-state index contributed by atoms with van der Waals surface area (Å²) in [4.78, 5) is 26.1. The van der Waals surface area contributed by atoms with E-state index in [0.717, 1.165) is 50.8 Å². The zero-order chi connectivity index (χ0) is 23.2. The minimum atomic E-state index is -1.03. The van der Waals surface area contributed by atoms with Crippen LogP contribution in [0.2, 0.25) is 5.02 Å². The van der Waals surface area contributed by atoms with Crippen molar-refractivity contribution in [3.05, 3.63) is 52.5 Å². The van der Waals surface area contributed by atoms with Gasteiger partial charge in [0.15, 0.2) is 0 Å². The van der Waals surface area contributed by atoms with E-state index in [2.05, 4.69) is 12.1 Å². The van der Waals surface area contributed by atoms with Crippen LogP contribution in [0.4, 0.5) is 0 Å². The first kappa shape index (κ1) is 22.2. The number of carboxylic acids is 1. The van der Waals surface area contributed by atoms with Crippen LogP contribution in [-0.2, 0) is 9.53 Å². The first-order valence-corrected chi connectivity index (χ1v) is 11.9. The number of piperidine rings is 1. The zero-order valence-corrected chi connectivity index (χ0v) is 19.4. The van der Waals surface area contributed by atoms with E-state index in [4.69, 9.17) is 21.1 Å². The Morgan fingerprint density at radius 1 is 1.18 bits per heavy atom. The Morgan fingerprint density at radius 2 is 1.91 bits per heavy atom. The minimum absolute atomic E-state index is 0.130. The molecule has 0 bridgehead atoms. The summed E-state index contributed by atoms with van der Waals surface area (Å²) in [6.07, 6.45) is 4.81. The topological polar surface area (TPSA) is 76.1 Å². The average molecular weight is 470 g/mol. The third-order valence-electron chi connectivity index (χ3n) is 7.58. The number of hydrogen-bond acceptors (Lipinski definition) is 4. The van der Waals surface area contributed by atoms with Gasteiger partial charge in [0, 0.05) is 25.3 Å². The van der Waals surface area contributed by atoms with Crippen molar-refractivity contribution in [2.45, 2.75) is 44.1 Å². The summed E-state index contributed by atoms with van der Waals surface area (Å²) in [5.74, 6) is 0.115. The van der Waals surface area contributed by atoms with Crippen LogP contribution in [0, 0.1) is 5.41 Å². The van der Waals surface area contributed by atoms with Crippen molar-refractivity contribution in [1.29, 1.82) is 0 Å². The predicted molar refractivity (Wildman–Crippen MR) is 125 cm³/mol. The number of nitrogens with zero attached hydrogens (tertiary/aromatic N) is 1. The number of ether oxygens (including phenoxy) is 2. The van der Waals surface area contributed by atoms with Crippen LogP contribution in [0.5, 0.6) is 5.75 Å². The molecule has 1 aliphatic carbocycles. The lowest BCUT2D eigenvalue weighted by molar-refractivity contribution is -0.142. The van der Waals surface area contributed by atoms with Gasteiger partial charge in [-0.25, -0.2) is 4.79 Å². The monoisotopic (exact) mass is 469 g/mol. The van der Waals surface area contributed by atoms with Crippen LogP contribution in [-0.4, -0.2) is 54.8 Å². The highest BCUT2D eigenvalue weighted by molar-refractivity contribution is 6.33. The normalized spacial score (nSPS) is 23.5. The molecule has 0 aromatic heterocycles. The maximum absolute atomic E-state index is 12.6. The summed E-state index contributed by atoms with van der Waals surface area (Å²) in [7, 11) is 1.53. The van der Waals surface area contributed by atoms with Gasteiger partial charge in [-0.1, -0.05) is 35.9 Å². The molecule has 2 heterocycles. The van der Waals surface area contributed by atoms with E-state index in [-0.39, 0.29) is 22.6 Å². The third kappa shape index (κ3) is 4.11. The third-order valence-corrected chi connectivity index (χ3v) is 7.87. The molecule has 174 valence electrons. The lowest BCUT2D eigenvalue weighted by Gasteiger charge is -2.34. The van der Waals surface area contributed by atoms with Gasteiger partial charge in [-0.05, 0) is 66.7 Å². The number of carbonyl (C=O) groups excluding carboxylic acids is 1. The Kier molecular flexibility index (Phi) is 5.83. The number of aromatic carboxylic acids is 1. The number of rotatable bonds is 5. The van der Waals surface area contributed by atoms with Crippen molar-refractivity contribution in [3.63, 3.8) is 0 Å². The lowest BCUT2D eigenvalue weighted by Crippen LogP contribution is -2.44. The standard InChI is InChI=1S/C26H28ClNO5/c1-32-23-19(13-18(25(30)31)14-21(23)27)16-4-6-17(7-5-16)20-15-26(20)8-10-28(11-9-26)24(29)22-3-2-12-33-22/h4-7,13-14,20,22H,2-3,8-12,15H2,1H3,(H,30,31)/t20?,22-/m1/s1. The Morgan fingerprint density at radius 3 is 2.52 bits per heavy atom. The number of halogens is 1. The molecule has 1 N–H and O–H groups in total. The minimum Gasteiger partial charge on any atom is -0.495 e. The van der Waals surface area contributed by atoms with Gasteiger partial charge in [0.05, 0.1) is 17.7 Å². The van der Waals surface area contributed by atoms with Gasteiger partial charge in [0.2, 0.25) is 0 Å². The SMILES string of the molecule is COc1c(Cl)cc(C(=O)O)cc1-c1ccc(C2CC23CCN(C(=O)[C@H]2CCCO2)CC3)cc1. The average Bonchev–Trinajstić information content (AvgIpc) is 3.24. The highest BCUT2D eigenvalue weighted by Gasteiger charge is 2.55. The van der Waals surface area contributed by atoms with E-state index in [0.29, 0.717) is 29.3 Å². The molecule has 2 aromatic carbocycles. The second-order valence-electron chi connectivity index (χ2n) is 9.41. The van der Waals surface area contributed by atoms with Gasteiger partial charge in [-0.15, -0.1) is 0 Å². The van der Waals surface area contributed by atoms with Gasteiger partial charge in [0.25, 0.3) is 5.91 Å². The molecular formula is C26H28ClNO5. The smallest absolute Gasteiger partial charge is 0.335 e. The van der Waals surface area contributed by atoms with Gasteiger partial charge in [0.1, 0.15) is 11.9 Å². The molecule has 2 aromatic rings. The number of carboxylic acid groups (broad SMARTS) is 1. The fourth-order valence-corrected chi connectivity index (χ4v) is 5.85. The quantitative estimate of drug-likeness (QED) is 0.667. The van der Waals surface area contributed by atoms with Crippen LogP contribution in [0.1, 0.15) is 53.9 Å². The van der Waals surface area contributed by atoms with Crippen molar-refractivity contribution in [1.82, 2.24) is 4.90 Å². The summed E-state index contributed by atoms with van der Waals surface area (Å²) in [5.41, 5.74) is 3.24. The molecule has 33 heavy (non-hydrogen) atoms. The molecular weight excluding hydrogens is 442 g/mol. The van der Waals surface area contributed by atoms with E-state index >= 15 is 0 Å². The molecule has 2 saturated heterocycles. The molecule has 7 heteroatoms. The summed E-state index contributed by atoms with van der Waals surface area (Å²) in [6, 6.07) is 11.3. The van der Waals surface area contributed by atoms with Crippen LogP contribution < -0.4 is 4.74 Å². The fourth-order valence-electron chi connectivity index (χ4n) is 5.55. The lowest BCUT2D eigenvalue weighted by atomic mass is 9.88. The van der Waals surface area contributed by atoms with E-state index in [1.807, 2.05) is 17.0 Å². The van der Waals surface area contributed by atoms with Gasteiger partial charge >= 0.3 is 5.97 Å². The molecule has 0 radical (unpaired) electrons. The van der Waals surface area contributed by atoms with Crippen molar-refractivity contribution >= 4 is 23.5 Å². The molecule has 6 nitrogen and oxygen atoms in total. The first-order valence-electron chi connectivity index (χ1n) is 11.5. The number of hydrogen-bond donors (Lipinski definition) is 1. The number of benzene rings is 2. The van der Waals surface area contributed by atoms with E-state index in [1.165, 1.54) is 18.7 Å². The molecule has 3 aliphatic rings. The largest absolute Gasteiger partial charge is 0.495 e. The molecule has 1 saturated carbocycles. The van der Waals surface area contributed by atoms with Crippen LogP contribution in [0.25, 0.3) is 11.1 Å². The van der Waals surface area contributed by atoms with E-state index < -0.39 is 5.97 Å². The van der Waals surface area contributed by atoms with Crippen molar-refractivity contribution in [3.8, 4) is 16.9 Å². The highest BCUT2D eigenvalue weighted by Crippen LogP contribution is 2.65. The number of amides is 1. The van der Waals surface area contributed by atoms with Crippen molar-refractivity contribution < 1.29 is 24.2 Å². The number of carbonyl (C=O) groups is 2. The van der Waals surface area contributed by atoms with Gasteiger partial charge in [-0.3, -0.25) is 4.79 Å². The summed E-state index contributed by atoms with van der Waals surface area (Å²) >= 11 is 6.27. The Bertz CT molecular complexity index is 1070. The molecule has 1 unspecified atom stereocenters. The van der Waals surface area contributed by atoms with Gasteiger partial charge in [-0.2, -0.15) is 0 Å². The van der Waals surface area contributed by atoms with Crippen LogP contribution >= 0.6 is 11.6 Å². The van der Waals surface area contributed by atoms with E-state index in [9.17, 15) is 14.7 Å². The zero-order valence-electron chi connectivity index (χ0n) is 18.7. The fraction of sp³-hybridized carbons (Fsp3) is 0.462. The van der Waals surface area contributed by atoms with E-state index in [1.54, 1.807) is 6.07 Å². The van der Waals surface area contributed by atoms with Crippen LogP contribution in [0.3, 0.4) is 0 Å². The molecule has 2 aliphatic heterocycles. The molecule has 3 fully saturated rings. The Balaban J connectivity index is 1.28. The second kappa shape index (κ2) is 8.65. The molecule has 2 atom stereocenters.